The van der Waals surface area contributed by atoms with Crippen molar-refractivity contribution < 1.29 is 8.42 Å². The molecule has 1 aromatic carbocycles. The number of rotatable bonds is 2. The molecule has 1 aliphatic carbocycles. The second-order valence-electron chi connectivity index (χ2n) is 5.96. The van der Waals surface area contributed by atoms with Crippen molar-refractivity contribution in [1.29, 1.82) is 0 Å². The van der Waals surface area contributed by atoms with E-state index in [-0.39, 0.29) is 0 Å². The van der Waals surface area contributed by atoms with E-state index in [0.29, 0.717) is 4.90 Å². The maximum atomic E-state index is 12.4. The van der Waals surface area contributed by atoms with Crippen LogP contribution in [0.2, 0.25) is 0 Å². The summed E-state index contributed by atoms with van der Waals surface area (Å²) in [5, 5.41) is 0. The van der Waals surface area contributed by atoms with E-state index >= 15 is 0 Å². The molecule has 0 amide bonds. The smallest absolute Gasteiger partial charge is 0.207 e. The molecule has 0 radical (unpaired) electrons. The summed E-state index contributed by atoms with van der Waals surface area (Å²) in [4.78, 5) is 0.467. The number of nitrogens with one attached hydrogen (secondary N) is 1. The molecular weight excluding hydrogens is 246 g/mol. The molecule has 2 rings (SSSR count). The van der Waals surface area contributed by atoms with Gasteiger partial charge in [-0.25, -0.2) is 13.1 Å². The van der Waals surface area contributed by atoms with Gasteiger partial charge in [-0.05, 0) is 63.6 Å². The van der Waals surface area contributed by atoms with Crippen molar-refractivity contribution in [2.24, 2.45) is 0 Å². The summed E-state index contributed by atoms with van der Waals surface area (Å²) in [5.74, 6) is 0. The highest BCUT2D eigenvalue weighted by Crippen LogP contribution is 2.27. The third kappa shape index (κ3) is 2.93. The van der Waals surface area contributed by atoms with Crippen molar-refractivity contribution in [3.8, 4) is 0 Å². The number of hydrogen-bond donors (Lipinski definition) is 1. The van der Waals surface area contributed by atoms with Gasteiger partial charge in [0.1, 0.15) is 0 Å². The van der Waals surface area contributed by atoms with Crippen molar-refractivity contribution in [2.75, 3.05) is 0 Å². The first-order valence-electron chi connectivity index (χ1n) is 6.44. The van der Waals surface area contributed by atoms with Gasteiger partial charge >= 0.3 is 0 Å². The Morgan fingerprint density at radius 3 is 2.44 bits per heavy atom. The highest BCUT2D eigenvalue weighted by atomic mass is 32.2. The topological polar surface area (TPSA) is 46.2 Å². The Morgan fingerprint density at radius 2 is 1.78 bits per heavy atom. The Hall–Kier alpha value is -0.870. The molecule has 0 bridgehead atoms. The fourth-order valence-corrected chi connectivity index (χ4v) is 4.19. The van der Waals surface area contributed by atoms with Gasteiger partial charge in [-0.2, -0.15) is 0 Å². The third-order valence-corrected chi connectivity index (χ3v) is 4.93. The van der Waals surface area contributed by atoms with Crippen molar-refractivity contribution >= 4 is 10.0 Å². The van der Waals surface area contributed by atoms with Crippen LogP contribution in [0.5, 0.6) is 0 Å². The molecule has 3 nitrogen and oxygen atoms in total. The highest BCUT2D eigenvalue weighted by molar-refractivity contribution is 7.89. The summed E-state index contributed by atoms with van der Waals surface area (Å²) in [7, 11) is -3.41. The van der Waals surface area contributed by atoms with Gasteiger partial charge in [0.25, 0.3) is 0 Å². The van der Waals surface area contributed by atoms with Gasteiger partial charge in [-0.1, -0.05) is 12.1 Å². The number of sulfonamides is 1. The van der Waals surface area contributed by atoms with Gasteiger partial charge in [-0.3, -0.25) is 0 Å². The van der Waals surface area contributed by atoms with Crippen molar-refractivity contribution in [2.45, 2.75) is 56.9 Å². The fourth-order valence-electron chi connectivity index (χ4n) is 2.46. The minimum absolute atomic E-state index is 0.448. The molecule has 1 aromatic rings. The molecule has 100 valence electrons. The zero-order valence-electron chi connectivity index (χ0n) is 11.3. The summed E-state index contributed by atoms with van der Waals surface area (Å²) < 4.78 is 27.6. The molecule has 0 saturated carbocycles. The number of hydrogen-bond acceptors (Lipinski definition) is 2. The molecule has 18 heavy (non-hydrogen) atoms. The first kappa shape index (κ1) is 13.6. The molecule has 1 N–H and O–H groups in total. The zero-order chi connectivity index (χ0) is 13.4. The Balaban J connectivity index is 2.45. The lowest BCUT2D eigenvalue weighted by atomic mass is 9.92. The average molecular weight is 267 g/mol. The average Bonchev–Trinajstić information content (AvgIpc) is 2.25. The van der Waals surface area contributed by atoms with Crippen LogP contribution in [0.1, 0.15) is 44.7 Å². The van der Waals surface area contributed by atoms with E-state index < -0.39 is 15.6 Å². The Kier molecular flexibility index (Phi) is 3.52. The SMILES string of the molecule is CC(C)(C)NS(=O)(=O)c1cccc2c1CCCC2. The Bertz CT molecular complexity index is 541. The molecule has 0 spiro atoms. The molecule has 0 heterocycles. The second-order valence-corrected chi connectivity index (χ2v) is 7.61. The van der Waals surface area contributed by atoms with Crippen LogP contribution in [0, 0.1) is 0 Å². The Labute approximate surface area is 110 Å². The van der Waals surface area contributed by atoms with Gasteiger partial charge in [0.15, 0.2) is 0 Å². The molecule has 0 aliphatic heterocycles. The van der Waals surface area contributed by atoms with Crippen LogP contribution in [-0.4, -0.2) is 14.0 Å². The predicted molar refractivity (Wildman–Crippen MR) is 73.2 cm³/mol. The van der Waals surface area contributed by atoms with Crippen LogP contribution < -0.4 is 4.72 Å². The molecule has 4 heteroatoms. The summed E-state index contributed by atoms with van der Waals surface area (Å²) >= 11 is 0. The Morgan fingerprint density at radius 1 is 1.11 bits per heavy atom. The van der Waals surface area contributed by atoms with Crippen molar-refractivity contribution in [3.63, 3.8) is 0 Å². The molecule has 0 aromatic heterocycles. The normalized spacial score (nSPS) is 16.4. The molecular formula is C14H21NO2S. The second kappa shape index (κ2) is 4.67. The maximum Gasteiger partial charge on any atom is 0.241 e. The fraction of sp³-hybridized carbons (Fsp3) is 0.571. The minimum Gasteiger partial charge on any atom is -0.207 e. The lowest BCUT2D eigenvalue weighted by Gasteiger charge is -2.24. The quantitative estimate of drug-likeness (QED) is 0.895. The lowest BCUT2D eigenvalue weighted by molar-refractivity contribution is 0.490. The maximum absolute atomic E-state index is 12.4. The minimum atomic E-state index is -3.41. The lowest BCUT2D eigenvalue weighted by Crippen LogP contribution is -2.41. The third-order valence-electron chi connectivity index (χ3n) is 3.08. The van der Waals surface area contributed by atoms with Gasteiger partial charge in [-0.15, -0.1) is 0 Å². The van der Waals surface area contributed by atoms with Crippen LogP contribution in [0.15, 0.2) is 23.1 Å². The monoisotopic (exact) mass is 267 g/mol. The van der Waals surface area contributed by atoms with Crippen LogP contribution >= 0.6 is 0 Å². The highest BCUT2D eigenvalue weighted by Gasteiger charge is 2.26. The van der Waals surface area contributed by atoms with E-state index in [1.807, 2.05) is 32.9 Å². The van der Waals surface area contributed by atoms with Gasteiger partial charge in [0, 0.05) is 5.54 Å². The van der Waals surface area contributed by atoms with Gasteiger partial charge in [0.2, 0.25) is 10.0 Å². The predicted octanol–water partition coefficient (Wildman–Crippen LogP) is 2.64. The van der Waals surface area contributed by atoms with Crippen molar-refractivity contribution in [3.05, 3.63) is 29.3 Å². The van der Waals surface area contributed by atoms with E-state index in [9.17, 15) is 8.42 Å². The summed E-state index contributed by atoms with van der Waals surface area (Å²) in [6.07, 6.45) is 4.10. The zero-order valence-corrected chi connectivity index (χ0v) is 12.1. The largest absolute Gasteiger partial charge is 0.241 e. The van der Waals surface area contributed by atoms with E-state index in [4.69, 9.17) is 0 Å². The van der Waals surface area contributed by atoms with Crippen LogP contribution in [0.4, 0.5) is 0 Å². The molecule has 0 fully saturated rings. The van der Waals surface area contributed by atoms with Crippen LogP contribution in [-0.2, 0) is 22.9 Å². The standard InChI is InChI=1S/C14H21NO2S/c1-14(2,3)15-18(16,17)13-10-6-8-11-7-4-5-9-12(11)13/h6,8,10,15H,4-5,7,9H2,1-3H3. The van der Waals surface area contributed by atoms with E-state index in [1.54, 1.807) is 6.07 Å². The molecule has 0 unspecified atom stereocenters. The number of aryl methyl sites for hydroxylation is 1. The number of benzene rings is 1. The van der Waals surface area contributed by atoms with Gasteiger partial charge in [0.05, 0.1) is 4.90 Å². The first-order chi connectivity index (χ1) is 8.30. The molecule has 0 atom stereocenters. The summed E-state index contributed by atoms with van der Waals surface area (Å²) in [6.45, 7) is 5.58. The van der Waals surface area contributed by atoms with Crippen molar-refractivity contribution in [1.82, 2.24) is 4.72 Å². The van der Waals surface area contributed by atoms with E-state index in [2.05, 4.69) is 4.72 Å². The van der Waals surface area contributed by atoms with Gasteiger partial charge < -0.3 is 0 Å². The summed E-state index contributed by atoms with van der Waals surface area (Å²) in [6, 6.07) is 5.62. The first-order valence-corrected chi connectivity index (χ1v) is 7.93. The van der Waals surface area contributed by atoms with E-state index in [0.717, 1.165) is 31.2 Å². The van der Waals surface area contributed by atoms with Crippen LogP contribution in [0.25, 0.3) is 0 Å². The summed E-state index contributed by atoms with van der Waals surface area (Å²) in [5.41, 5.74) is 1.76. The molecule has 0 saturated heterocycles. The van der Waals surface area contributed by atoms with E-state index in [1.165, 1.54) is 5.56 Å². The van der Waals surface area contributed by atoms with Crippen LogP contribution in [0.3, 0.4) is 0 Å². The molecule has 1 aliphatic rings. The number of fused-ring (bicyclic) bond motifs is 1.